The minimum atomic E-state index is -0.543. The van der Waals surface area contributed by atoms with Crippen molar-refractivity contribution in [2.24, 2.45) is 7.05 Å². The Morgan fingerprint density at radius 1 is 0.976 bits per heavy atom. The highest BCUT2D eigenvalue weighted by atomic mass is 19.1. The van der Waals surface area contributed by atoms with E-state index >= 15 is 4.39 Å². The van der Waals surface area contributed by atoms with Gasteiger partial charge in [-0.25, -0.2) is 28.5 Å². The van der Waals surface area contributed by atoms with E-state index in [9.17, 15) is 4.79 Å². The SMILES string of the molecule is CNc1ncnc2c1c(-c1ccc(NC(=O)Nc3cc(C(C)(C)C)nn3-c3ccc(C(C)C)cc3)cc1F)nn2C. The summed E-state index contributed by atoms with van der Waals surface area (Å²) in [5.41, 5.74) is 4.16. The molecule has 10 nitrogen and oxygen atoms in total. The maximum Gasteiger partial charge on any atom is 0.324 e. The van der Waals surface area contributed by atoms with Crippen LogP contribution in [0.1, 0.15) is 51.8 Å². The van der Waals surface area contributed by atoms with Crippen molar-refractivity contribution in [1.29, 1.82) is 0 Å². The Balaban J connectivity index is 1.41. The highest BCUT2D eigenvalue weighted by molar-refractivity contribution is 6.01. The number of hydrogen-bond acceptors (Lipinski definition) is 6. The van der Waals surface area contributed by atoms with Crippen LogP contribution < -0.4 is 16.0 Å². The van der Waals surface area contributed by atoms with E-state index in [1.807, 2.05) is 18.2 Å². The van der Waals surface area contributed by atoms with Crippen LogP contribution in [0.3, 0.4) is 0 Å². The van der Waals surface area contributed by atoms with Crippen molar-refractivity contribution in [3.05, 3.63) is 71.9 Å². The molecule has 0 unspecified atom stereocenters. The fraction of sp³-hybridized carbons (Fsp3) is 0.300. The molecule has 0 fully saturated rings. The van der Waals surface area contributed by atoms with Crippen LogP contribution >= 0.6 is 0 Å². The predicted molar refractivity (Wildman–Crippen MR) is 160 cm³/mol. The number of aromatic nitrogens is 6. The Morgan fingerprint density at radius 2 is 1.71 bits per heavy atom. The van der Waals surface area contributed by atoms with Crippen LogP contribution in [0.5, 0.6) is 0 Å². The second kappa shape index (κ2) is 10.6. The Kier molecular flexibility index (Phi) is 7.20. The van der Waals surface area contributed by atoms with Crippen LogP contribution in [0.2, 0.25) is 0 Å². The average Bonchev–Trinajstić information content (AvgIpc) is 3.50. The minimum Gasteiger partial charge on any atom is -0.372 e. The molecule has 41 heavy (non-hydrogen) atoms. The van der Waals surface area contributed by atoms with Crippen molar-refractivity contribution in [2.45, 2.75) is 46.0 Å². The van der Waals surface area contributed by atoms with Crippen LogP contribution in [-0.4, -0.2) is 42.6 Å². The van der Waals surface area contributed by atoms with E-state index in [2.05, 4.69) is 77.8 Å². The van der Waals surface area contributed by atoms with Gasteiger partial charge in [0, 0.05) is 36.8 Å². The molecule has 3 aromatic heterocycles. The zero-order chi connectivity index (χ0) is 29.5. The normalized spacial score (nSPS) is 11.7. The molecule has 3 N–H and O–H groups in total. The molecule has 0 radical (unpaired) electrons. The van der Waals surface area contributed by atoms with Gasteiger partial charge in [-0.2, -0.15) is 10.2 Å². The molecule has 5 aromatic rings. The summed E-state index contributed by atoms with van der Waals surface area (Å²) in [6.07, 6.45) is 1.43. The standard InChI is InChI=1S/C30H34FN9O/c1-17(2)18-8-11-20(12-9-18)40-24(15-23(37-40)30(3,4)5)36-29(41)35-19-10-13-21(22(31)14-19)26-25-27(32-6)33-16-34-28(25)39(7)38-26/h8-17H,1-7H3,(H,32,33,34)(H2,35,36,41). The van der Waals surface area contributed by atoms with Gasteiger partial charge in [0.15, 0.2) is 5.65 Å². The zero-order valence-corrected chi connectivity index (χ0v) is 24.2. The van der Waals surface area contributed by atoms with E-state index in [1.54, 1.807) is 35.6 Å². The number of nitrogens with zero attached hydrogens (tertiary/aromatic N) is 6. The summed E-state index contributed by atoms with van der Waals surface area (Å²) < 4.78 is 18.7. The third kappa shape index (κ3) is 5.47. The zero-order valence-electron chi connectivity index (χ0n) is 24.2. The van der Waals surface area contributed by atoms with Gasteiger partial charge < -0.3 is 10.6 Å². The highest BCUT2D eigenvalue weighted by Gasteiger charge is 2.23. The van der Waals surface area contributed by atoms with E-state index in [-0.39, 0.29) is 16.7 Å². The maximum absolute atomic E-state index is 15.4. The first-order valence-corrected chi connectivity index (χ1v) is 13.4. The largest absolute Gasteiger partial charge is 0.372 e. The molecular formula is C30H34FN9O. The molecule has 2 amide bonds. The van der Waals surface area contributed by atoms with Gasteiger partial charge in [0.25, 0.3) is 0 Å². The summed E-state index contributed by atoms with van der Waals surface area (Å²) in [5, 5.41) is 18.5. The van der Waals surface area contributed by atoms with Crippen molar-refractivity contribution in [2.75, 3.05) is 23.0 Å². The number of nitrogens with one attached hydrogen (secondary N) is 3. The molecule has 0 saturated heterocycles. The monoisotopic (exact) mass is 555 g/mol. The minimum absolute atomic E-state index is 0.233. The summed E-state index contributed by atoms with van der Waals surface area (Å²) in [6.45, 7) is 10.5. The summed E-state index contributed by atoms with van der Waals surface area (Å²) in [7, 11) is 3.47. The van der Waals surface area contributed by atoms with Crippen LogP contribution in [0.4, 0.5) is 26.5 Å². The first-order chi connectivity index (χ1) is 19.5. The lowest BCUT2D eigenvalue weighted by molar-refractivity contribution is 0.262. The van der Waals surface area contributed by atoms with Gasteiger partial charge in [0.2, 0.25) is 0 Å². The summed E-state index contributed by atoms with van der Waals surface area (Å²) in [5.74, 6) is 0.904. The summed E-state index contributed by atoms with van der Waals surface area (Å²) >= 11 is 0. The molecule has 3 heterocycles. The molecule has 2 aromatic carbocycles. The molecule has 0 aliphatic heterocycles. The van der Waals surface area contributed by atoms with E-state index in [1.165, 1.54) is 18.0 Å². The Labute approximate surface area is 238 Å². The van der Waals surface area contributed by atoms with Crippen LogP contribution in [-0.2, 0) is 12.5 Å². The smallest absolute Gasteiger partial charge is 0.324 e. The van der Waals surface area contributed by atoms with Gasteiger partial charge in [-0.3, -0.25) is 5.32 Å². The van der Waals surface area contributed by atoms with Crippen LogP contribution in [0.25, 0.3) is 28.0 Å². The number of rotatable bonds is 6. The fourth-order valence-electron chi connectivity index (χ4n) is 4.56. The van der Waals surface area contributed by atoms with Gasteiger partial charge in [0.1, 0.15) is 29.5 Å². The van der Waals surface area contributed by atoms with E-state index in [0.717, 1.165) is 11.4 Å². The molecule has 0 aliphatic rings. The lowest BCUT2D eigenvalue weighted by Gasteiger charge is -2.14. The van der Waals surface area contributed by atoms with Gasteiger partial charge in [0.05, 0.1) is 16.8 Å². The molecule has 212 valence electrons. The lowest BCUT2D eigenvalue weighted by Crippen LogP contribution is -2.21. The molecule has 0 saturated carbocycles. The number of fused-ring (bicyclic) bond motifs is 1. The van der Waals surface area contributed by atoms with Crippen LogP contribution in [0.15, 0.2) is 54.9 Å². The number of urea groups is 1. The molecule has 0 atom stereocenters. The predicted octanol–water partition coefficient (Wildman–Crippen LogP) is 6.46. The Bertz CT molecular complexity index is 1730. The summed E-state index contributed by atoms with van der Waals surface area (Å²) in [4.78, 5) is 21.6. The fourth-order valence-corrected chi connectivity index (χ4v) is 4.56. The van der Waals surface area contributed by atoms with Crippen molar-refractivity contribution in [3.63, 3.8) is 0 Å². The van der Waals surface area contributed by atoms with Crippen LogP contribution in [0, 0.1) is 5.82 Å². The Hall–Kier alpha value is -4.80. The lowest BCUT2D eigenvalue weighted by atomic mass is 9.92. The number of hydrogen-bond donors (Lipinski definition) is 3. The number of anilines is 3. The molecule has 0 aliphatic carbocycles. The number of halogens is 1. The van der Waals surface area contributed by atoms with Crippen molar-refractivity contribution < 1.29 is 9.18 Å². The highest BCUT2D eigenvalue weighted by Crippen LogP contribution is 2.33. The number of aryl methyl sites for hydroxylation is 1. The van der Waals surface area contributed by atoms with Gasteiger partial charge in [-0.05, 0) is 41.8 Å². The average molecular weight is 556 g/mol. The molecule has 0 spiro atoms. The van der Waals surface area contributed by atoms with E-state index < -0.39 is 11.8 Å². The molecular weight excluding hydrogens is 521 g/mol. The number of amides is 2. The first-order valence-electron chi connectivity index (χ1n) is 13.4. The Morgan fingerprint density at radius 3 is 2.34 bits per heavy atom. The second-order valence-corrected chi connectivity index (χ2v) is 11.2. The number of carbonyl (C=O) groups is 1. The molecule has 11 heteroatoms. The summed E-state index contributed by atoms with van der Waals surface area (Å²) in [6, 6.07) is 13.9. The van der Waals surface area contributed by atoms with Gasteiger partial charge in [-0.1, -0.05) is 46.8 Å². The van der Waals surface area contributed by atoms with E-state index in [4.69, 9.17) is 5.10 Å². The number of carbonyl (C=O) groups excluding carboxylic acids is 1. The topological polar surface area (TPSA) is 115 Å². The van der Waals surface area contributed by atoms with Crippen molar-refractivity contribution in [3.8, 4) is 16.9 Å². The second-order valence-electron chi connectivity index (χ2n) is 11.2. The molecule has 5 rings (SSSR count). The van der Waals surface area contributed by atoms with Gasteiger partial charge in [-0.15, -0.1) is 0 Å². The van der Waals surface area contributed by atoms with E-state index in [0.29, 0.717) is 34.3 Å². The molecule has 0 bridgehead atoms. The number of benzene rings is 2. The van der Waals surface area contributed by atoms with Crippen molar-refractivity contribution >= 4 is 34.4 Å². The van der Waals surface area contributed by atoms with Gasteiger partial charge >= 0.3 is 6.03 Å². The third-order valence-electron chi connectivity index (χ3n) is 6.86. The third-order valence-corrected chi connectivity index (χ3v) is 6.86. The van der Waals surface area contributed by atoms with Crippen molar-refractivity contribution in [1.82, 2.24) is 29.5 Å². The first kappa shape index (κ1) is 27.8. The quantitative estimate of drug-likeness (QED) is 0.221. The maximum atomic E-state index is 15.4.